The van der Waals surface area contributed by atoms with E-state index in [0.29, 0.717) is 22.8 Å². The predicted molar refractivity (Wildman–Crippen MR) is 130 cm³/mol. The lowest BCUT2D eigenvalue weighted by molar-refractivity contribution is 0.0326. The monoisotopic (exact) mass is 468 g/mol. The smallest absolute Gasteiger partial charge is 0.115 e. The van der Waals surface area contributed by atoms with Gasteiger partial charge in [0.1, 0.15) is 11.1 Å². The van der Waals surface area contributed by atoms with Crippen molar-refractivity contribution in [1.82, 2.24) is 4.98 Å². The number of nitriles is 1. The molecule has 0 aliphatic heterocycles. The predicted octanol–water partition coefficient (Wildman–Crippen LogP) is 5.49. The van der Waals surface area contributed by atoms with Crippen molar-refractivity contribution in [3.05, 3.63) is 59.5 Å². The summed E-state index contributed by atoms with van der Waals surface area (Å²) in [5.74, 6) is 0.376. The van der Waals surface area contributed by atoms with E-state index >= 15 is 0 Å². The van der Waals surface area contributed by atoms with Crippen molar-refractivity contribution in [1.29, 1.82) is 5.26 Å². The number of nitrogens with zero attached hydrogens (tertiary/aromatic N) is 2. The number of thiophene rings is 1. The van der Waals surface area contributed by atoms with Crippen LogP contribution in [-0.2, 0) is 10.8 Å². The number of hydrogen-bond donors (Lipinski definition) is 1. The molecule has 3 aromatic rings. The first-order valence-electron chi connectivity index (χ1n) is 10.2. The largest absolute Gasteiger partial charge is 0.388 e. The molecule has 0 bridgehead atoms. The molecule has 1 aliphatic carbocycles. The van der Waals surface area contributed by atoms with Gasteiger partial charge < -0.3 is 5.11 Å². The summed E-state index contributed by atoms with van der Waals surface area (Å²) in [5.41, 5.74) is 2.13. The highest BCUT2D eigenvalue weighted by Crippen LogP contribution is 2.39. The number of hydrogen-bond acceptors (Lipinski definition) is 6. The number of rotatable bonds is 6. The number of thioether (sulfide) groups is 1. The van der Waals surface area contributed by atoms with Gasteiger partial charge in [-0.1, -0.05) is 49.2 Å². The highest BCUT2D eigenvalue weighted by atomic mass is 32.2. The van der Waals surface area contributed by atoms with Crippen LogP contribution in [0.1, 0.15) is 31.2 Å². The lowest BCUT2D eigenvalue weighted by Gasteiger charge is -2.38. The van der Waals surface area contributed by atoms with Crippen molar-refractivity contribution in [2.24, 2.45) is 0 Å². The summed E-state index contributed by atoms with van der Waals surface area (Å²) >= 11 is 3.01. The molecule has 0 amide bonds. The maximum Gasteiger partial charge on any atom is 0.115 e. The van der Waals surface area contributed by atoms with Crippen LogP contribution in [0.15, 0.2) is 58.9 Å². The van der Waals surface area contributed by atoms with E-state index in [0.717, 1.165) is 41.0 Å². The first-order valence-corrected chi connectivity index (χ1v) is 13.7. The normalized spacial score (nSPS) is 22.0. The van der Waals surface area contributed by atoms with Gasteiger partial charge in [0.2, 0.25) is 0 Å². The van der Waals surface area contributed by atoms with E-state index in [1.807, 2.05) is 53.9 Å². The van der Waals surface area contributed by atoms with Crippen LogP contribution in [-0.4, -0.2) is 37.2 Å². The fraction of sp³-hybridized carbons (Fsp3) is 0.333. The fourth-order valence-electron chi connectivity index (χ4n) is 4.15. The Labute approximate surface area is 193 Å². The van der Waals surface area contributed by atoms with E-state index in [2.05, 4.69) is 6.07 Å². The lowest BCUT2D eigenvalue weighted by Crippen LogP contribution is -2.49. The summed E-state index contributed by atoms with van der Waals surface area (Å²) in [7, 11) is -1.10. The maximum atomic E-state index is 12.3. The summed E-state index contributed by atoms with van der Waals surface area (Å²) in [4.78, 5) is 5.86. The van der Waals surface area contributed by atoms with Crippen LogP contribution in [0.3, 0.4) is 0 Å². The van der Waals surface area contributed by atoms with Gasteiger partial charge in [0.25, 0.3) is 0 Å². The molecule has 1 N–H and O–H groups in total. The van der Waals surface area contributed by atoms with Crippen LogP contribution in [0.4, 0.5) is 0 Å². The minimum Gasteiger partial charge on any atom is -0.388 e. The van der Waals surface area contributed by atoms with E-state index in [-0.39, 0.29) is 5.25 Å². The molecule has 0 spiro atoms. The van der Waals surface area contributed by atoms with Gasteiger partial charge in [0.15, 0.2) is 0 Å². The Balaban J connectivity index is 1.75. The van der Waals surface area contributed by atoms with E-state index in [9.17, 15) is 14.6 Å². The zero-order chi connectivity index (χ0) is 21.8. The molecule has 7 heteroatoms. The average molecular weight is 469 g/mol. The van der Waals surface area contributed by atoms with Crippen LogP contribution in [0.5, 0.6) is 0 Å². The number of aromatic nitrogens is 1. The van der Waals surface area contributed by atoms with Gasteiger partial charge in [-0.3, -0.25) is 4.21 Å². The Morgan fingerprint density at radius 2 is 2.10 bits per heavy atom. The molecule has 4 nitrogen and oxygen atoms in total. The van der Waals surface area contributed by atoms with Crippen molar-refractivity contribution >= 4 is 33.9 Å². The maximum absolute atomic E-state index is 12.3. The Morgan fingerprint density at radius 1 is 1.29 bits per heavy atom. The van der Waals surface area contributed by atoms with Gasteiger partial charge in [-0.15, -0.1) is 23.1 Å². The third kappa shape index (κ3) is 4.78. The Kier molecular flexibility index (Phi) is 6.92. The first-order chi connectivity index (χ1) is 15.0. The van der Waals surface area contributed by atoms with Gasteiger partial charge in [0, 0.05) is 28.4 Å². The molecule has 1 aromatic carbocycles. The van der Waals surface area contributed by atoms with Crippen LogP contribution in [0.2, 0.25) is 0 Å². The van der Waals surface area contributed by atoms with E-state index in [4.69, 9.17) is 4.98 Å². The van der Waals surface area contributed by atoms with E-state index in [1.165, 1.54) is 11.8 Å². The van der Waals surface area contributed by atoms with Crippen LogP contribution in [0, 0.1) is 11.3 Å². The van der Waals surface area contributed by atoms with Crippen LogP contribution in [0.25, 0.3) is 21.7 Å². The van der Waals surface area contributed by atoms with Crippen molar-refractivity contribution in [2.45, 2.75) is 41.6 Å². The summed E-state index contributed by atoms with van der Waals surface area (Å²) < 4.78 is 12.3. The molecular formula is C24H24N2O2S3. The average Bonchev–Trinajstić information content (AvgIpc) is 3.33. The standard InChI is InChI=1S/C24H24N2O2S3/c1-31(28)22-11-5-6-12-24(22,27)16-30-23-19(15-25)18(17-8-3-2-4-9-17)14-20(26-23)21-10-7-13-29-21/h2-4,7-10,13-14,22,27H,5-6,11-12,16H2,1H3. The van der Waals surface area contributed by atoms with Gasteiger partial charge >= 0.3 is 0 Å². The third-order valence-corrected chi connectivity index (χ3v) is 9.32. The fourth-order valence-corrected chi connectivity index (χ4v) is 7.46. The van der Waals surface area contributed by atoms with Crippen molar-refractivity contribution in [2.75, 3.05) is 12.0 Å². The summed E-state index contributed by atoms with van der Waals surface area (Å²) in [6, 6.07) is 18.2. The highest BCUT2D eigenvalue weighted by molar-refractivity contribution is 7.99. The molecule has 0 saturated heterocycles. The Morgan fingerprint density at radius 3 is 2.77 bits per heavy atom. The zero-order valence-electron chi connectivity index (χ0n) is 17.3. The summed E-state index contributed by atoms with van der Waals surface area (Å²) in [6.07, 6.45) is 4.99. The minimum absolute atomic E-state index is 0.242. The summed E-state index contributed by atoms with van der Waals surface area (Å²) in [5, 5.41) is 23.7. The highest BCUT2D eigenvalue weighted by Gasteiger charge is 2.41. The van der Waals surface area contributed by atoms with Gasteiger partial charge in [-0.2, -0.15) is 5.26 Å². The molecule has 160 valence electrons. The van der Waals surface area contributed by atoms with Crippen molar-refractivity contribution < 1.29 is 9.32 Å². The Bertz CT molecular complexity index is 1110. The molecule has 2 heterocycles. The molecular weight excluding hydrogens is 444 g/mol. The second-order valence-electron chi connectivity index (χ2n) is 7.82. The van der Waals surface area contributed by atoms with Gasteiger partial charge in [-0.25, -0.2) is 4.98 Å². The van der Waals surface area contributed by atoms with Crippen LogP contribution >= 0.6 is 23.1 Å². The topological polar surface area (TPSA) is 74.0 Å². The summed E-state index contributed by atoms with van der Waals surface area (Å²) in [6.45, 7) is 0. The molecule has 1 fully saturated rings. The minimum atomic E-state index is -1.10. The molecule has 3 unspecified atom stereocenters. The van der Waals surface area contributed by atoms with Gasteiger partial charge in [0.05, 0.1) is 27.0 Å². The quantitative estimate of drug-likeness (QED) is 0.484. The third-order valence-electron chi connectivity index (χ3n) is 5.74. The molecule has 0 radical (unpaired) electrons. The molecule has 2 aromatic heterocycles. The zero-order valence-corrected chi connectivity index (χ0v) is 19.7. The number of aliphatic hydroxyl groups is 1. The second kappa shape index (κ2) is 9.66. The molecule has 1 aliphatic rings. The first kappa shape index (κ1) is 22.2. The molecule has 1 saturated carbocycles. The SMILES string of the molecule is CS(=O)C1CCCCC1(O)CSc1nc(-c2cccs2)cc(-c2ccccc2)c1C#N. The van der Waals surface area contributed by atoms with Crippen molar-refractivity contribution in [3.63, 3.8) is 0 Å². The Hall–Kier alpha value is -1.98. The van der Waals surface area contributed by atoms with Gasteiger partial charge in [-0.05, 0) is 35.9 Å². The molecule has 3 atom stereocenters. The van der Waals surface area contributed by atoms with Crippen LogP contribution < -0.4 is 0 Å². The van der Waals surface area contributed by atoms with E-state index < -0.39 is 16.4 Å². The second-order valence-corrected chi connectivity index (χ2v) is 11.3. The van der Waals surface area contributed by atoms with E-state index in [1.54, 1.807) is 17.6 Å². The number of pyridine rings is 1. The van der Waals surface area contributed by atoms with Crippen molar-refractivity contribution in [3.8, 4) is 27.8 Å². The molecule has 4 rings (SSSR count). The lowest BCUT2D eigenvalue weighted by atomic mass is 9.86. The number of benzene rings is 1. The molecule has 31 heavy (non-hydrogen) atoms.